The van der Waals surface area contributed by atoms with Crippen molar-refractivity contribution in [2.75, 3.05) is 27.9 Å². The van der Waals surface area contributed by atoms with Crippen LogP contribution in [0, 0.1) is 0 Å². The number of nitrogens with zero attached hydrogens (tertiary/aromatic N) is 1. The number of hydrogen-bond donors (Lipinski definition) is 1. The van der Waals surface area contributed by atoms with Gasteiger partial charge in [-0.2, -0.15) is 0 Å². The van der Waals surface area contributed by atoms with E-state index in [1.165, 1.54) is 27.4 Å². The van der Waals surface area contributed by atoms with Crippen molar-refractivity contribution in [1.82, 2.24) is 4.90 Å². The Morgan fingerprint density at radius 1 is 1.14 bits per heavy atom. The van der Waals surface area contributed by atoms with E-state index < -0.39 is 18.0 Å². The van der Waals surface area contributed by atoms with Gasteiger partial charge in [0.2, 0.25) is 5.91 Å². The Labute approximate surface area is 127 Å². The lowest BCUT2D eigenvalue weighted by Crippen LogP contribution is -2.37. The van der Waals surface area contributed by atoms with Crippen molar-refractivity contribution in [3.8, 4) is 5.75 Å². The predicted octanol–water partition coefficient (Wildman–Crippen LogP) is 0.536. The number of methoxy groups -OCH3 is 3. The summed E-state index contributed by atoms with van der Waals surface area (Å²) in [4.78, 5) is 35.5. The van der Waals surface area contributed by atoms with Crippen molar-refractivity contribution in [1.29, 1.82) is 0 Å². The zero-order chi connectivity index (χ0) is 16.7. The highest BCUT2D eigenvalue weighted by Gasteiger charge is 2.19. The standard InChI is InChI=1S/C14H18N2O6/c1-20-11-5-4-9(6-10(11)13(18)21-2)7-16(8-12(15)17)14(19)22-3/h4-6H,7-8H2,1-3H3,(H2,15,17). The maximum atomic E-state index is 11.7. The molecule has 2 amide bonds. The van der Waals surface area contributed by atoms with Gasteiger partial charge in [-0.1, -0.05) is 6.07 Å². The number of carbonyl (C=O) groups is 3. The summed E-state index contributed by atoms with van der Waals surface area (Å²) in [5.74, 6) is -0.902. The average Bonchev–Trinajstić information content (AvgIpc) is 2.52. The molecular formula is C14H18N2O6. The van der Waals surface area contributed by atoms with E-state index in [2.05, 4.69) is 9.47 Å². The van der Waals surface area contributed by atoms with E-state index in [1.807, 2.05) is 0 Å². The number of benzene rings is 1. The van der Waals surface area contributed by atoms with Crippen molar-refractivity contribution in [3.05, 3.63) is 29.3 Å². The van der Waals surface area contributed by atoms with Gasteiger partial charge in [0.15, 0.2) is 0 Å². The van der Waals surface area contributed by atoms with Crippen molar-refractivity contribution >= 4 is 18.0 Å². The fourth-order valence-electron chi connectivity index (χ4n) is 1.85. The van der Waals surface area contributed by atoms with Crippen LogP contribution in [-0.2, 0) is 20.8 Å². The van der Waals surface area contributed by atoms with Crippen LogP contribution in [0.25, 0.3) is 0 Å². The molecule has 0 fully saturated rings. The Bertz CT molecular complexity index is 572. The molecule has 0 heterocycles. The molecule has 0 aliphatic rings. The Morgan fingerprint density at radius 2 is 1.82 bits per heavy atom. The first kappa shape index (κ1) is 17.3. The third kappa shape index (κ3) is 4.37. The lowest BCUT2D eigenvalue weighted by molar-refractivity contribution is -0.119. The molecule has 8 heteroatoms. The van der Waals surface area contributed by atoms with Crippen LogP contribution in [0.5, 0.6) is 5.75 Å². The van der Waals surface area contributed by atoms with E-state index in [0.717, 1.165) is 4.90 Å². The van der Waals surface area contributed by atoms with Crippen LogP contribution in [0.1, 0.15) is 15.9 Å². The molecule has 8 nitrogen and oxygen atoms in total. The molecule has 1 aromatic carbocycles. The summed E-state index contributed by atoms with van der Waals surface area (Å²) in [7, 11) is 3.88. The Kier molecular flexibility index (Phi) is 6.18. The van der Waals surface area contributed by atoms with Crippen molar-refractivity contribution < 1.29 is 28.6 Å². The fraction of sp³-hybridized carbons (Fsp3) is 0.357. The highest BCUT2D eigenvalue weighted by Crippen LogP contribution is 2.21. The van der Waals surface area contributed by atoms with Crippen LogP contribution in [0.15, 0.2) is 18.2 Å². The molecule has 0 saturated carbocycles. The van der Waals surface area contributed by atoms with E-state index in [0.29, 0.717) is 11.3 Å². The van der Waals surface area contributed by atoms with Gasteiger partial charge < -0.3 is 19.9 Å². The van der Waals surface area contributed by atoms with Gasteiger partial charge in [0, 0.05) is 6.54 Å². The smallest absolute Gasteiger partial charge is 0.410 e. The minimum atomic E-state index is -0.700. The zero-order valence-electron chi connectivity index (χ0n) is 12.6. The van der Waals surface area contributed by atoms with E-state index in [1.54, 1.807) is 12.1 Å². The number of rotatable bonds is 6. The molecule has 120 valence electrons. The molecule has 2 N–H and O–H groups in total. The van der Waals surface area contributed by atoms with Crippen LogP contribution in [0.4, 0.5) is 4.79 Å². The van der Waals surface area contributed by atoms with E-state index in [4.69, 9.17) is 10.5 Å². The van der Waals surface area contributed by atoms with Gasteiger partial charge in [-0.15, -0.1) is 0 Å². The van der Waals surface area contributed by atoms with Gasteiger partial charge in [-0.05, 0) is 17.7 Å². The van der Waals surface area contributed by atoms with Crippen LogP contribution in [-0.4, -0.2) is 50.7 Å². The number of primary amides is 1. The van der Waals surface area contributed by atoms with Gasteiger partial charge in [0.05, 0.1) is 21.3 Å². The summed E-state index contributed by atoms with van der Waals surface area (Å²) < 4.78 is 14.3. The van der Waals surface area contributed by atoms with E-state index in [9.17, 15) is 14.4 Å². The first-order valence-corrected chi connectivity index (χ1v) is 6.29. The minimum Gasteiger partial charge on any atom is -0.496 e. The second-order valence-electron chi connectivity index (χ2n) is 4.32. The largest absolute Gasteiger partial charge is 0.496 e. The summed E-state index contributed by atoms with van der Waals surface area (Å²) >= 11 is 0. The quantitative estimate of drug-likeness (QED) is 0.768. The molecule has 0 aliphatic heterocycles. The summed E-state index contributed by atoms with van der Waals surface area (Å²) in [5.41, 5.74) is 5.91. The van der Waals surface area contributed by atoms with Crippen LogP contribution >= 0.6 is 0 Å². The normalized spacial score (nSPS) is 9.77. The molecule has 0 aromatic heterocycles. The molecule has 0 radical (unpaired) electrons. The molecule has 1 rings (SSSR count). The molecule has 22 heavy (non-hydrogen) atoms. The molecule has 1 aromatic rings. The maximum absolute atomic E-state index is 11.7. The summed E-state index contributed by atoms with van der Waals surface area (Å²) in [6.07, 6.45) is -0.700. The summed E-state index contributed by atoms with van der Waals surface area (Å²) in [5, 5.41) is 0. The molecule has 0 atom stereocenters. The van der Waals surface area contributed by atoms with Crippen molar-refractivity contribution in [2.24, 2.45) is 5.73 Å². The molecule has 0 bridgehead atoms. The van der Waals surface area contributed by atoms with E-state index in [-0.39, 0.29) is 18.7 Å². The number of amides is 2. The van der Waals surface area contributed by atoms with Crippen LogP contribution < -0.4 is 10.5 Å². The topological polar surface area (TPSA) is 108 Å². The highest BCUT2D eigenvalue weighted by molar-refractivity contribution is 5.92. The van der Waals surface area contributed by atoms with Gasteiger partial charge >= 0.3 is 12.1 Å². The number of hydrogen-bond acceptors (Lipinski definition) is 6. The summed E-state index contributed by atoms with van der Waals surface area (Å²) in [6.45, 7) is -0.254. The Balaban J connectivity index is 3.07. The van der Waals surface area contributed by atoms with Gasteiger partial charge in [0.25, 0.3) is 0 Å². The fourth-order valence-corrected chi connectivity index (χ4v) is 1.85. The van der Waals surface area contributed by atoms with Crippen molar-refractivity contribution in [3.63, 3.8) is 0 Å². The van der Waals surface area contributed by atoms with Crippen LogP contribution in [0.2, 0.25) is 0 Å². The average molecular weight is 310 g/mol. The lowest BCUT2D eigenvalue weighted by Gasteiger charge is -2.20. The SMILES string of the molecule is COC(=O)c1cc(CN(CC(N)=O)C(=O)OC)ccc1OC. The lowest BCUT2D eigenvalue weighted by atomic mass is 10.1. The Hall–Kier alpha value is -2.77. The number of ether oxygens (including phenoxy) is 3. The number of nitrogens with two attached hydrogens (primary N) is 1. The van der Waals surface area contributed by atoms with Gasteiger partial charge in [-0.25, -0.2) is 9.59 Å². The highest BCUT2D eigenvalue weighted by atomic mass is 16.5. The molecule has 0 unspecified atom stereocenters. The third-order valence-electron chi connectivity index (χ3n) is 2.82. The monoisotopic (exact) mass is 310 g/mol. The second-order valence-corrected chi connectivity index (χ2v) is 4.32. The second kappa shape index (κ2) is 7.87. The van der Waals surface area contributed by atoms with Crippen molar-refractivity contribution in [2.45, 2.75) is 6.54 Å². The molecule has 0 saturated heterocycles. The predicted molar refractivity (Wildman–Crippen MR) is 76.3 cm³/mol. The van der Waals surface area contributed by atoms with Gasteiger partial charge in [0.1, 0.15) is 17.9 Å². The zero-order valence-corrected chi connectivity index (χ0v) is 12.6. The van der Waals surface area contributed by atoms with E-state index >= 15 is 0 Å². The molecule has 0 spiro atoms. The van der Waals surface area contributed by atoms with Crippen LogP contribution in [0.3, 0.4) is 0 Å². The number of esters is 1. The third-order valence-corrected chi connectivity index (χ3v) is 2.82. The first-order valence-electron chi connectivity index (χ1n) is 6.29. The minimum absolute atomic E-state index is 0.0452. The molecule has 0 aliphatic carbocycles. The van der Waals surface area contributed by atoms with Gasteiger partial charge in [-0.3, -0.25) is 9.69 Å². The summed E-state index contributed by atoms with van der Waals surface area (Å²) in [6, 6.07) is 4.74. The number of carbonyl (C=O) groups excluding carboxylic acids is 3. The molecular weight excluding hydrogens is 292 g/mol. The maximum Gasteiger partial charge on any atom is 0.410 e. The first-order chi connectivity index (χ1) is 10.4. The Morgan fingerprint density at radius 3 is 2.32 bits per heavy atom.